The van der Waals surface area contributed by atoms with E-state index in [-0.39, 0.29) is 11.3 Å². The Kier molecular flexibility index (Phi) is 4.20. The third-order valence-electron chi connectivity index (χ3n) is 4.35. The van der Waals surface area contributed by atoms with Crippen molar-refractivity contribution in [2.75, 3.05) is 19.8 Å². The molecule has 0 saturated heterocycles. The Balaban J connectivity index is 2.19. The lowest BCUT2D eigenvalue weighted by Crippen LogP contribution is -2.53. The zero-order valence-corrected chi connectivity index (χ0v) is 11.9. The van der Waals surface area contributed by atoms with Crippen LogP contribution >= 0.6 is 0 Å². The Labute approximate surface area is 115 Å². The summed E-state index contributed by atoms with van der Waals surface area (Å²) in [6.07, 6.45) is 9.16. The molecule has 0 atom stereocenters. The van der Waals surface area contributed by atoms with Gasteiger partial charge in [0.1, 0.15) is 0 Å². The van der Waals surface area contributed by atoms with Crippen molar-refractivity contribution >= 4 is 11.5 Å². The van der Waals surface area contributed by atoms with Crippen LogP contribution in [-0.2, 0) is 11.2 Å². The first-order valence-corrected chi connectivity index (χ1v) is 6.95. The predicted molar refractivity (Wildman–Crippen MR) is 76.9 cm³/mol. The summed E-state index contributed by atoms with van der Waals surface area (Å²) in [5.41, 5.74) is 7.11. The number of hydrogen-bond donors (Lipinski definition) is 1. The van der Waals surface area contributed by atoms with E-state index in [0.717, 1.165) is 31.2 Å². The number of aromatic nitrogens is 1. The van der Waals surface area contributed by atoms with Gasteiger partial charge in [-0.1, -0.05) is 19.3 Å². The third kappa shape index (κ3) is 2.78. The Hall–Kier alpha value is -1.42. The van der Waals surface area contributed by atoms with Crippen LogP contribution < -0.4 is 5.73 Å². The normalized spacial score (nSPS) is 18.5. The molecule has 19 heavy (non-hydrogen) atoms. The van der Waals surface area contributed by atoms with Crippen molar-refractivity contribution in [3.8, 4) is 0 Å². The second-order valence-corrected chi connectivity index (χ2v) is 5.66. The molecule has 1 heterocycles. The number of ketones is 1. The molecule has 0 amide bonds. The SMILES string of the molecule is CN(C)C1(C(=O)Cc2cnccc2N)CCCCC1. The first kappa shape index (κ1) is 14.0. The van der Waals surface area contributed by atoms with Crippen molar-refractivity contribution in [2.24, 2.45) is 0 Å². The molecule has 0 radical (unpaired) electrons. The molecular weight excluding hydrogens is 238 g/mol. The smallest absolute Gasteiger partial charge is 0.157 e. The maximum Gasteiger partial charge on any atom is 0.157 e. The number of carbonyl (C=O) groups is 1. The summed E-state index contributed by atoms with van der Waals surface area (Å²) in [7, 11) is 4.02. The van der Waals surface area contributed by atoms with Crippen LogP contribution in [-0.4, -0.2) is 35.3 Å². The summed E-state index contributed by atoms with van der Waals surface area (Å²) in [6.45, 7) is 0. The second-order valence-electron chi connectivity index (χ2n) is 5.66. The Morgan fingerprint density at radius 1 is 1.37 bits per heavy atom. The third-order valence-corrected chi connectivity index (χ3v) is 4.35. The molecule has 4 heteroatoms. The summed E-state index contributed by atoms with van der Waals surface area (Å²) in [5.74, 6) is 0.275. The second kappa shape index (κ2) is 5.70. The average molecular weight is 261 g/mol. The van der Waals surface area contributed by atoms with Crippen LogP contribution in [0.2, 0.25) is 0 Å². The molecule has 0 bridgehead atoms. The summed E-state index contributed by atoms with van der Waals surface area (Å²) in [5, 5.41) is 0. The fraction of sp³-hybridized carbons (Fsp3) is 0.600. The minimum atomic E-state index is -0.305. The standard InChI is InChI=1S/C15H23N3O/c1-18(2)15(7-4-3-5-8-15)14(19)10-12-11-17-9-6-13(12)16/h6,9,11H,3-5,7-8,10H2,1-2H3,(H2,16,17). The van der Waals surface area contributed by atoms with E-state index in [9.17, 15) is 4.79 Å². The molecule has 1 fully saturated rings. The predicted octanol–water partition coefficient (Wildman–Crippen LogP) is 2.04. The minimum Gasteiger partial charge on any atom is -0.398 e. The molecule has 1 saturated carbocycles. The molecule has 0 unspecified atom stereocenters. The van der Waals surface area contributed by atoms with E-state index < -0.39 is 0 Å². The maximum atomic E-state index is 12.8. The summed E-state index contributed by atoms with van der Waals surface area (Å²) in [6, 6.07) is 1.76. The van der Waals surface area contributed by atoms with Crippen molar-refractivity contribution in [1.82, 2.24) is 9.88 Å². The average Bonchev–Trinajstić information content (AvgIpc) is 2.42. The molecule has 104 valence electrons. The van der Waals surface area contributed by atoms with Gasteiger partial charge in [0.15, 0.2) is 5.78 Å². The molecule has 1 aliphatic carbocycles. The van der Waals surface area contributed by atoms with E-state index in [4.69, 9.17) is 5.73 Å². The summed E-state index contributed by atoms with van der Waals surface area (Å²) < 4.78 is 0. The van der Waals surface area contributed by atoms with Crippen molar-refractivity contribution in [3.63, 3.8) is 0 Å². The number of anilines is 1. The number of rotatable bonds is 4. The van der Waals surface area contributed by atoms with E-state index in [0.29, 0.717) is 12.1 Å². The molecule has 0 aromatic carbocycles. The topological polar surface area (TPSA) is 59.2 Å². The van der Waals surface area contributed by atoms with Crippen molar-refractivity contribution in [1.29, 1.82) is 0 Å². The van der Waals surface area contributed by atoms with Gasteiger partial charge in [-0.15, -0.1) is 0 Å². The Bertz CT molecular complexity index is 450. The molecular formula is C15H23N3O. The van der Waals surface area contributed by atoms with E-state index >= 15 is 0 Å². The van der Waals surface area contributed by atoms with E-state index in [1.165, 1.54) is 6.42 Å². The summed E-state index contributed by atoms with van der Waals surface area (Å²) >= 11 is 0. The van der Waals surface area contributed by atoms with Gasteiger partial charge in [-0.25, -0.2) is 0 Å². The molecule has 0 spiro atoms. The lowest BCUT2D eigenvalue weighted by Gasteiger charge is -2.41. The van der Waals surface area contributed by atoms with Crippen LogP contribution in [0.4, 0.5) is 5.69 Å². The van der Waals surface area contributed by atoms with Gasteiger partial charge in [-0.3, -0.25) is 14.7 Å². The number of nitrogen functional groups attached to an aromatic ring is 1. The maximum absolute atomic E-state index is 12.8. The van der Waals surface area contributed by atoms with Crippen molar-refractivity contribution in [3.05, 3.63) is 24.0 Å². The highest BCUT2D eigenvalue weighted by Crippen LogP contribution is 2.34. The highest BCUT2D eigenvalue weighted by atomic mass is 16.1. The lowest BCUT2D eigenvalue weighted by molar-refractivity contribution is -0.131. The number of nitrogens with zero attached hydrogens (tertiary/aromatic N) is 2. The number of nitrogens with two attached hydrogens (primary N) is 1. The molecule has 2 N–H and O–H groups in total. The van der Waals surface area contributed by atoms with Gasteiger partial charge in [0.05, 0.1) is 5.54 Å². The van der Waals surface area contributed by atoms with Crippen LogP contribution in [0, 0.1) is 0 Å². The number of Topliss-reactive ketones (excluding diaryl/α,β-unsaturated/α-hetero) is 1. The highest BCUT2D eigenvalue weighted by Gasteiger charge is 2.40. The monoisotopic (exact) mass is 261 g/mol. The number of hydrogen-bond acceptors (Lipinski definition) is 4. The number of pyridine rings is 1. The van der Waals surface area contributed by atoms with Gasteiger partial charge >= 0.3 is 0 Å². The van der Waals surface area contributed by atoms with Crippen LogP contribution in [0.1, 0.15) is 37.7 Å². The summed E-state index contributed by atoms with van der Waals surface area (Å²) in [4.78, 5) is 18.9. The number of likely N-dealkylation sites (N-methyl/N-ethyl adjacent to an activating group) is 1. The fourth-order valence-corrected chi connectivity index (χ4v) is 3.04. The minimum absolute atomic E-state index is 0.275. The van der Waals surface area contributed by atoms with E-state index in [1.54, 1.807) is 18.5 Å². The fourth-order valence-electron chi connectivity index (χ4n) is 3.04. The highest BCUT2D eigenvalue weighted by molar-refractivity contribution is 5.91. The number of carbonyl (C=O) groups excluding carboxylic acids is 1. The molecule has 4 nitrogen and oxygen atoms in total. The first-order chi connectivity index (χ1) is 9.06. The van der Waals surface area contributed by atoms with Gasteiger partial charge in [0, 0.05) is 30.1 Å². The molecule has 1 aromatic rings. The van der Waals surface area contributed by atoms with Crippen LogP contribution in [0.15, 0.2) is 18.5 Å². The van der Waals surface area contributed by atoms with E-state index in [1.807, 2.05) is 14.1 Å². The van der Waals surface area contributed by atoms with Gasteiger partial charge < -0.3 is 5.73 Å². The largest absolute Gasteiger partial charge is 0.398 e. The molecule has 2 rings (SSSR count). The zero-order valence-electron chi connectivity index (χ0n) is 11.9. The van der Waals surface area contributed by atoms with Crippen LogP contribution in [0.3, 0.4) is 0 Å². The van der Waals surface area contributed by atoms with Gasteiger partial charge in [-0.05, 0) is 33.0 Å². The van der Waals surface area contributed by atoms with Crippen molar-refractivity contribution in [2.45, 2.75) is 44.1 Å². The van der Waals surface area contributed by atoms with Gasteiger partial charge in [-0.2, -0.15) is 0 Å². The van der Waals surface area contributed by atoms with Gasteiger partial charge in [0.2, 0.25) is 0 Å². The Morgan fingerprint density at radius 3 is 2.63 bits per heavy atom. The zero-order chi connectivity index (χ0) is 13.9. The van der Waals surface area contributed by atoms with E-state index in [2.05, 4.69) is 9.88 Å². The van der Waals surface area contributed by atoms with Gasteiger partial charge in [0.25, 0.3) is 0 Å². The molecule has 0 aliphatic heterocycles. The quantitative estimate of drug-likeness (QED) is 0.901. The van der Waals surface area contributed by atoms with Crippen molar-refractivity contribution < 1.29 is 4.79 Å². The first-order valence-electron chi connectivity index (χ1n) is 6.95. The molecule has 1 aliphatic rings. The molecule has 1 aromatic heterocycles. The van der Waals surface area contributed by atoms with Crippen LogP contribution in [0.25, 0.3) is 0 Å². The van der Waals surface area contributed by atoms with Crippen LogP contribution in [0.5, 0.6) is 0 Å². The lowest BCUT2D eigenvalue weighted by atomic mass is 9.76. The Morgan fingerprint density at radius 2 is 2.05 bits per heavy atom.